The third-order valence-electron chi connectivity index (χ3n) is 6.00. The predicted octanol–water partition coefficient (Wildman–Crippen LogP) is 8.65. The summed E-state index contributed by atoms with van der Waals surface area (Å²) in [5.74, 6) is 0.371. The fourth-order valence-corrected chi connectivity index (χ4v) is 3.94. The molecule has 0 spiro atoms. The van der Waals surface area contributed by atoms with E-state index in [-0.39, 0.29) is 0 Å². The van der Waals surface area contributed by atoms with E-state index in [1.807, 2.05) is 45.0 Å². The van der Waals surface area contributed by atoms with E-state index in [1.54, 1.807) is 30.3 Å². The number of carbonyl (C=O) groups excluding carboxylic acids is 2. The average Bonchev–Trinajstić information content (AvgIpc) is 2.87. The molecule has 2 aromatic carbocycles. The first-order chi connectivity index (χ1) is 18.3. The zero-order valence-corrected chi connectivity index (χ0v) is 23.8. The number of rotatable bonds is 17. The largest absolute Gasteiger partial charge is 0.494 e. The minimum Gasteiger partial charge on any atom is -0.494 e. The van der Waals surface area contributed by atoms with Crippen LogP contribution in [-0.2, 0) is 16.0 Å². The summed E-state index contributed by atoms with van der Waals surface area (Å²) in [6.07, 6.45) is 17.0. The van der Waals surface area contributed by atoms with Gasteiger partial charge < -0.3 is 14.2 Å². The van der Waals surface area contributed by atoms with E-state index in [4.69, 9.17) is 14.2 Å². The van der Waals surface area contributed by atoms with Crippen LogP contribution in [0.3, 0.4) is 0 Å². The number of benzene rings is 2. The lowest BCUT2D eigenvalue weighted by Crippen LogP contribution is -2.23. The number of hydrogen-bond donors (Lipinski definition) is 0. The van der Waals surface area contributed by atoms with Crippen molar-refractivity contribution < 1.29 is 23.8 Å². The van der Waals surface area contributed by atoms with Crippen molar-refractivity contribution in [3.63, 3.8) is 0 Å². The average molecular weight is 523 g/mol. The van der Waals surface area contributed by atoms with Gasteiger partial charge in [-0.1, -0.05) is 82.9 Å². The van der Waals surface area contributed by atoms with Crippen molar-refractivity contribution in [2.75, 3.05) is 6.61 Å². The molecule has 38 heavy (non-hydrogen) atoms. The van der Waals surface area contributed by atoms with Crippen molar-refractivity contribution in [2.45, 2.75) is 104 Å². The maximum absolute atomic E-state index is 12.1. The summed E-state index contributed by atoms with van der Waals surface area (Å²) >= 11 is 0. The van der Waals surface area contributed by atoms with Crippen LogP contribution in [0.4, 0.5) is 0 Å². The van der Waals surface area contributed by atoms with Gasteiger partial charge in [-0.3, -0.25) is 0 Å². The lowest BCUT2D eigenvalue weighted by Gasteiger charge is -2.19. The highest BCUT2D eigenvalue weighted by molar-refractivity contribution is 5.90. The quantitative estimate of drug-likeness (QED) is 0.0900. The van der Waals surface area contributed by atoms with Crippen molar-refractivity contribution in [2.24, 2.45) is 0 Å². The molecule has 2 aromatic rings. The Morgan fingerprint density at radius 1 is 0.737 bits per heavy atom. The van der Waals surface area contributed by atoms with Gasteiger partial charge in [-0.05, 0) is 75.6 Å². The molecule has 5 heteroatoms. The highest BCUT2D eigenvalue weighted by atomic mass is 16.6. The fourth-order valence-electron chi connectivity index (χ4n) is 3.94. The zero-order valence-electron chi connectivity index (χ0n) is 23.8. The normalized spacial score (nSPS) is 11.5. The molecule has 5 nitrogen and oxygen atoms in total. The standard InChI is InChI=1S/C33H46O5/c1-5-6-7-8-9-10-11-12-13-14-26-36-29-22-18-27(19-23-29)16-15-17-31(34)37-30-24-20-28(21-25-30)32(35)38-33(2,3)4/h15,17-25H,5-14,16,26H2,1-4H3/b17-15+. The molecule has 0 N–H and O–H groups in total. The van der Waals surface area contributed by atoms with Gasteiger partial charge in [-0.2, -0.15) is 0 Å². The zero-order chi connectivity index (χ0) is 27.6. The van der Waals surface area contributed by atoms with Crippen LogP contribution in [0.5, 0.6) is 11.5 Å². The third kappa shape index (κ3) is 14.0. The van der Waals surface area contributed by atoms with Crippen LogP contribution in [0.2, 0.25) is 0 Å². The van der Waals surface area contributed by atoms with Crippen molar-refractivity contribution in [1.29, 1.82) is 0 Å². The van der Waals surface area contributed by atoms with Crippen LogP contribution < -0.4 is 9.47 Å². The number of allylic oxidation sites excluding steroid dienone is 1. The van der Waals surface area contributed by atoms with Crippen molar-refractivity contribution in [3.8, 4) is 11.5 Å². The van der Waals surface area contributed by atoms with Gasteiger partial charge in [0.05, 0.1) is 12.2 Å². The molecule has 208 valence electrons. The molecule has 0 aliphatic rings. The van der Waals surface area contributed by atoms with Crippen molar-refractivity contribution in [3.05, 3.63) is 71.8 Å². The Balaban J connectivity index is 1.60. The van der Waals surface area contributed by atoms with Crippen LogP contribution in [-0.4, -0.2) is 24.1 Å². The molecule has 2 rings (SSSR count). The Hall–Kier alpha value is -3.08. The van der Waals surface area contributed by atoms with Crippen LogP contribution in [0.15, 0.2) is 60.7 Å². The summed E-state index contributed by atoms with van der Waals surface area (Å²) in [6.45, 7) is 8.45. The Morgan fingerprint density at radius 2 is 1.29 bits per heavy atom. The fraction of sp³-hybridized carbons (Fsp3) is 0.515. The van der Waals surface area contributed by atoms with E-state index in [2.05, 4.69) is 6.92 Å². The van der Waals surface area contributed by atoms with E-state index in [0.29, 0.717) is 17.7 Å². The second kappa shape index (κ2) is 17.4. The monoisotopic (exact) mass is 522 g/mol. The number of esters is 2. The Morgan fingerprint density at radius 3 is 1.87 bits per heavy atom. The molecule has 0 bridgehead atoms. The van der Waals surface area contributed by atoms with Crippen LogP contribution in [0.1, 0.15) is 108 Å². The van der Waals surface area contributed by atoms with Crippen LogP contribution in [0.25, 0.3) is 0 Å². The third-order valence-corrected chi connectivity index (χ3v) is 6.00. The molecule has 0 atom stereocenters. The van der Waals surface area contributed by atoms with Crippen LogP contribution >= 0.6 is 0 Å². The van der Waals surface area contributed by atoms with Gasteiger partial charge in [0, 0.05) is 6.08 Å². The molecular weight excluding hydrogens is 476 g/mol. The molecule has 0 fully saturated rings. The van der Waals surface area contributed by atoms with Gasteiger partial charge in [0.25, 0.3) is 0 Å². The Kier molecular flexibility index (Phi) is 14.3. The summed E-state index contributed by atoms with van der Waals surface area (Å²) in [5.41, 5.74) is 0.931. The lowest BCUT2D eigenvalue weighted by atomic mass is 10.1. The molecule has 0 aromatic heterocycles. The SMILES string of the molecule is CCCCCCCCCCCCOc1ccc(C/C=C/C(=O)Oc2ccc(C(=O)OC(C)(C)C)cc2)cc1. The highest BCUT2D eigenvalue weighted by Crippen LogP contribution is 2.17. The van der Waals surface area contributed by atoms with Crippen molar-refractivity contribution in [1.82, 2.24) is 0 Å². The molecular formula is C33H46O5. The van der Waals surface area contributed by atoms with Gasteiger partial charge in [-0.15, -0.1) is 0 Å². The summed E-state index contributed by atoms with van der Waals surface area (Å²) in [4.78, 5) is 24.2. The first-order valence-corrected chi connectivity index (χ1v) is 14.2. The van der Waals surface area contributed by atoms with Gasteiger partial charge in [0.15, 0.2) is 0 Å². The molecule has 0 unspecified atom stereocenters. The second-order valence-electron chi connectivity index (χ2n) is 10.7. The van der Waals surface area contributed by atoms with Gasteiger partial charge >= 0.3 is 11.9 Å². The highest BCUT2D eigenvalue weighted by Gasteiger charge is 2.17. The molecule has 0 saturated heterocycles. The summed E-state index contributed by atoms with van der Waals surface area (Å²) < 4.78 is 16.5. The molecule has 0 aliphatic carbocycles. The summed E-state index contributed by atoms with van der Waals surface area (Å²) in [7, 11) is 0. The maximum atomic E-state index is 12.1. The van der Waals surface area contributed by atoms with E-state index in [9.17, 15) is 9.59 Å². The predicted molar refractivity (Wildman–Crippen MR) is 154 cm³/mol. The number of unbranched alkanes of at least 4 members (excludes halogenated alkanes) is 9. The second-order valence-corrected chi connectivity index (χ2v) is 10.7. The van der Waals surface area contributed by atoms with E-state index in [0.717, 1.165) is 24.3 Å². The number of carbonyl (C=O) groups is 2. The number of ether oxygens (including phenoxy) is 3. The molecule has 0 heterocycles. The first kappa shape index (κ1) is 31.1. The summed E-state index contributed by atoms with van der Waals surface area (Å²) in [5, 5.41) is 0. The minimum absolute atomic E-state index is 0.371. The summed E-state index contributed by atoms with van der Waals surface area (Å²) in [6, 6.07) is 14.3. The van der Waals surface area contributed by atoms with Gasteiger partial charge in [-0.25, -0.2) is 9.59 Å². The van der Waals surface area contributed by atoms with Crippen LogP contribution in [0, 0.1) is 0 Å². The van der Waals surface area contributed by atoms with Gasteiger partial charge in [0.2, 0.25) is 0 Å². The molecule has 0 aliphatic heterocycles. The minimum atomic E-state index is -0.563. The number of hydrogen-bond acceptors (Lipinski definition) is 5. The van der Waals surface area contributed by atoms with E-state index < -0.39 is 17.5 Å². The Labute approximate surface area is 229 Å². The van der Waals surface area contributed by atoms with Crippen molar-refractivity contribution >= 4 is 11.9 Å². The molecule has 0 radical (unpaired) electrons. The van der Waals surface area contributed by atoms with E-state index in [1.165, 1.54) is 63.9 Å². The molecule has 0 saturated carbocycles. The van der Waals surface area contributed by atoms with E-state index >= 15 is 0 Å². The molecule has 0 amide bonds. The lowest BCUT2D eigenvalue weighted by molar-refractivity contribution is -0.129. The Bertz CT molecular complexity index is 968. The smallest absolute Gasteiger partial charge is 0.338 e. The topological polar surface area (TPSA) is 61.8 Å². The maximum Gasteiger partial charge on any atom is 0.338 e. The first-order valence-electron chi connectivity index (χ1n) is 14.2. The van der Waals surface area contributed by atoms with Gasteiger partial charge in [0.1, 0.15) is 17.1 Å².